The third-order valence-electron chi connectivity index (χ3n) is 3.19. The van der Waals surface area contributed by atoms with Crippen molar-refractivity contribution in [1.82, 2.24) is 5.32 Å². The highest BCUT2D eigenvalue weighted by Crippen LogP contribution is 2.29. The number of nitrogens with zero attached hydrogens (tertiary/aromatic N) is 1. The summed E-state index contributed by atoms with van der Waals surface area (Å²) in [7, 11) is 2.13. The van der Waals surface area contributed by atoms with E-state index in [2.05, 4.69) is 51.0 Å². The summed E-state index contributed by atoms with van der Waals surface area (Å²) in [6, 6.07) is 6.64. The largest absolute Gasteiger partial charge is 0.373 e. The first-order valence-electron chi connectivity index (χ1n) is 7.13. The van der Waals surface area contributed by atoms with Gasteiger partial charge in [-0.15, -0.1) is 0 Å². The molecule has 0 fully saturated rings. The molecule has 0 bridgehead atoms. The smallest absolute Gasteiger partial charge is 0.0642 e. The number of rotatable bonds is 7. The van der Waals surface area contributed by atoms with Crippen molar-refractivity contribution in [3.05, 3.63) is 28.8 Å². The predicted octanol–water partition coefficient (Wildman–Crippen LogP) is 4.32. The SMILES string of the molecule is CC(C)CCN(C)c1c(Cl)cccc1CNC(C)C. The number of anilines is 1. The molecule has 1 aromatic carbocycles. The number of halogens is 1. The van der Waals surface area contributed by atoms with Gasteiger partial charge in [-0.2, -0.15) is 0 Å². The van der Waals surface area contributed by atoms with Gasteiger partial charge in [-0.1, -0.05) is 51.4 Å². The topological polar surface area (TPSA) is 15.3 Å². The Kier molecular flexibility index (Phi) is 6.67. The maximum Gasteiger partial charge on any atom is 0.0642 e. The van der Waals surface area contributed by atoms with Crippen LogP contribution in [0.2, 0.25) is 5.02 Å². The maximum absolute atomic E-state index is 6.39. The molecule has 108 valence electrons. The lowest BCUT2D eigenvalue weighted by molar-refractivity contribution is 0.577. The van der Waals surface area contributed by atoms with Crippen molar-refractivity contribution in [1.29, 1.82) is 0 Å². The molecule has 0 saturated carbocycles. The van der Waals surface area contributed by atoms with Crippen LogP contribution in [0.25, 0.3) is 0 Å². The Morgan fingerprint density at radius 3 is 2.47 bits per heavy atom. The van der Waals surface area contributed by atoms with Gasteiger partial charge in [-0.05, 0) is 24.0 Å². The molecule has 2 nitrogen and oxygen atoms in total. The molecule has 1 rings (SSSR count). The predicted molar refractivity (Wildman–Crippen MR) is 86.2 cm³/mol. The molecule has 0 spiro atoms. The first-order chi connectivity index (χ1) is 8.91. The van der Waals surface area contributed by atoms with E-state index in [0.29, 0.717) is 12.0 Å². The molecule has 1 aromatic rings. The summed E-state index contributed by atoms with van der Waals surface area (Å²) in [4.78, 5) is 2.28. The molecule has 0 aliphatic heterocycles. The Morgan fingerprint density at radius 1 is 1.21 bits per heavy atom. The van der Waals surface area contributed by atoms with E-state index in [4.69, 9.17) is 11.6 Å². The van der Waals surface area contributed by atoms with E-state index < -0.39 is 0 Å². The van der Waals surface area contributed by atoms with E-state index in [9.17, 15) is 0 Å². The van der Waals surface area contributed by atoms with E-state index in [1.165, 1.54) is 12.0 Å². The zero-order valence-electron chi connectivity index (χ0n) is 12.8. The van der Waals surface area contributed by atoms with Crippen LogP contribution in [0.15, 0.2) is 18.2 Å². The van der Waals surface area contributed by atoms with E-state index in [1.807, 2.05) is 12.1 Å². The summed E-state index contributed by atoms with van der Waals surface area (Å²) in [5.41, 5.74) is 2.44. The molecule has 0 aliphatic carbocycles. The van der Waals surface area contributed by atoms with Gasteiger partial charge in [0.2, 0.25) is 0 Å². The Labute approximate surface area is 123 Å². The van der Waals surface area contributed by atoms with Crippen LogP contribution in [0.5, 0.6) is 0 Å². The molecule has 0 aliphatic rings. The normalized spacial score (nSPS) is 11.4. The number of hydrogen-bond acceptors (Lipinski definition) is 2. The van der Waals surface area contributed by atoms with Crippen LogP contribution in [-0.4, -0.2) is 19.6 Å². The molecular formula is C16H27ClN2. The highest BCUT2D eigenvalue weighted by atomic mass is 35.5. The van der Waals surface area contributed by atoms with Crippen LogP contribution >= 0.6 is 11.6 Å². The van der Waals surface area contributed by atoms with Crippen LogP contribution < -0.4 is 10.2 Å². The standard InChI is InChI=1S/C16H27ClN2/c1-12(2)9-10-19(5)16-14(11-18-13(3)4)7-6-8-15(16)17/h6-8,12-13,18H,9-11H2,1-5H3. The van der Waals surface area contributed by atoms with Gasteiger partial charge in [0.1, 0.15) is 0 Å². The molecule has 0 saturated heterocycles. The first kappa shape index (κ1) is 16.3. The lowest BCUT2D eigenvalue weighted by Crippen LogP contribution is -2.26. The highest BCUT2D eigenvalue weighted by Gasteiger charge is 2.12. The zero-order chi connectivity index (χ0) is 14.4. The minimum atomic E-state index is 0.479. The second kappa shape index (κ2) is 7.76. The summed E-state index contributed by atoms with van der Waals surface area (Å²) >= 11 is 6.39. The zero-order valence-corrected chi connectivity index (χ0v) is 13.6. The van der Waals surface area contributed by atoms with Crippen molar-refractivity contribution in [2.24, 2.45) is 5.92 Å². The summed E-state index contributed by atoms with van der Waals surface area (Å²) in [6.45, 7) is 10.7. The van der Waals surface area contributed by atoms with Gasteiger partial charge < -0.3 is 10.2 Å². The Bertz CT molecular complexity index is 388. The van der Waals surface area contributed by atoms with Gasteiger partial charge in [0, 0.05) is 26.2 Å². The van der Waals surface area contributed by atoms with E-state index in [-0.39, 0.29) is 0 Å². The van der Waals surface area contributed by atoms with Crippen LogP contribution in [0.1, 0.15) is 39.7 Å². The van der Waals surface area contributed by atoms with Crippen LogP contribution in [-0.2, 0) is 6.54 Å². The Morgan fingerprint density at radius 2 is 1.89 bits per heavy atom. The Balaban J connectivity index is 2.84. The molecule has 3 heteroatoms. The van der Waals surface area contributed by atoms with Crippen molar-refractivity contribution < 1.29 is 0 Å². The molecular weight excluding hydrogens is 256 g/mol. The lowest BCUT2D eigenvalue weighted by Gasteiger charge is -2.25. The molecule has 0 heterocycles. The monoisotopic (exact) mass is 282 g/mol. The van der Waals surface area contributed by atoms with Crippen molar-refractivity contribution in [3.8, 4) is 0 Å². The summed E-state index contributed by atoms with van der Waals surface area (Å²) in [5, 5.41) is 4.31. The Hall–Kier alpha value is -0.730. The van der Waals surface area contributed by atoms with Gasteiger partial charge in [0.15, 0.2) is 0 Å². The molecule has 0 unspecified atom stereocenters. The first-order valence-corrected chi connectivity index (χ1v) is 7.51. The molecule has 19 heavy (non-hydrogen) atoms. The van der Waals surface area contributed by atoms with E-state index in [0.717, 1.165) is 23.8 Å². The number of para-hydroxylation sites is 1. The summed E-state index contributed by atoms with van der Waals surface area (Å²) < 4.78 is 0. The third-order valence-corrected chi connectivity index (χ3v) is 3.50. The van der Waals surface area contributed by atoms with Gasteiger partial charge in [-0.3, -0.25) is 0 Å². The fraction of sp³-hybridized carbons (Fsp3) is 0.625. The minimum Gasteiger partial charge on any atom is -0.373 e. The second-order valence-electron chi connectivity index (χ2n) is 5.89. The minimum absolute atomic E-state index is 0.479. The highest BCUT2D eigenvalue weighted by molar-refractivity contribution is 6.33. The summed E-state index contributed by atoms with van der Waals surface area (Å²) in [6.07, 6.45) is 1.18. The molecule has 0 amide bonds. The fourth-order valence-corrected chi connectivity index (χ4v) is 2.35. The van der Waals surface area contributed by atoms with Gasteiger partial charge in [-0.25, -0.2) is 0 Å². The quantitative estimate of drug-likeness (QED) is 0.801. The average Bonchev–Trinajstić information content (AvgIpc) is 2.33. The van der Waals surface area contributed by atoms with Crippen molar-refractivity contribution in [3.63, 3.8) is 0 Å². The van der Waals surface area contributed by atoms with Crippen LogP contribution in [0.4, 0.5) is 5.69 Å². The number of benzene rings is 1. The molecule has 0 aromatic heterocycles. The average molecular weight is 283 g/mol. The lowest BCUT2D eigenvalue weighted by atomic mass is 10.1. The second-order valence-corrected chi connectivity index (χ2v) is 6.29. The van der Waals surface area contributed by atoms with Gasteiger partial charge in [0.05, 0.1) is 10.7 Å². The third kappa shape index (κ3) is 5.42. The number of hydrogen-bond donors (Lipinski definition) is 1. The van der Waals surface area contributed by atoms with Crippen molar-refractivity contribution in [2.45, 2.75) is 46.7 Å². The van der Waals surface area contributed by atoms with E-state index >= 15 is 0 Å². The van der Waals surface area contributed by atoms with Crippen LogP contribution in [0.3, 0.4) is 0 Å². The fourth-order valence-electron chi connectivity index (χ4n) is 2.01. The molecule has 0 radical (unpaired) electrons. The van der Waals surface area contributed by atoms with E-state index in [1.54, 1.807) is 0 Å². The molecule has 1 N–H and O–H groups in total. The van der Waals surface area contributed by atoms with Gasteiger partial charge >= 0.3 is 0 Å². The maximum atomic E-state index is 6.39. The summed E-state index contributed by atoms with van der Waals surface area (Å²) in [5.74, 6) is 0.710. The number of nitrogens with one attached hydrogen (secondary N) is 1. The van der Waals surface area contributed by atoms with Crippen LogP contribution in [0, 0.1) is 5.92 Å². The van der Waals surface area contributed by atoms with Crippen molar-refractivity contribution >= 4 is 17.3 Å². The van der Waals surface area contributed by atoms with Crippen molar-refractivity contribution in [2.75, 3.05) is 18.5 Å². The molecule has 0 atom stereocenters. The van der Waals surface area contributed by atoms with Gasteiger partial charge in [0.25, 0.3) is 0 Å².